The second-order valence-electron chi connectivity index (χ2n) is 15.9. The van der Waals surface area contributed by atoms with Crippen molar-refractivity contribution in [1.82, 2.24) is 9.97 Å². The number of carbonyl (C=O) groups is 1. The number of methoxy groups -OCH3 is 1. The van der Waals surface area contributed by atoms with Crippen LogP contribution in [0.5, 0.6) is 11.8 Å². The summed E-state index contributed by atoms with van der Waals surface area (Å²) in [6, 6.07) is 6.48. The maximum absolute atomic E-state index is 17.4. The highest BCUT2D eigenvalue weighted by Crippen LogP contribution is 2.45. The van der Waals surface area contributed by atoms with E-state index in [1.54, 1.807) is 6.07 Å². The Morgan fingerprint density at radius 1 is 1.11 bits per heavy atom. The van der Waals surface area contributed by atoms with Crippen molar-refractivity contribution < 1.29 is 55.2 Å². The van der Waals surface area contributed by atoms with E-state index in [2.05, 4.69) is 43.8 Å². The van der Waals surface area contributed by atoms with Gasteiger partial charge in [0, 0.05) is 36.8 Å². The fourth-order valence-corrected chi connectivity index (χ4v) is 8.43. The first-order valence-corrected chi connectivity index (χ1v) is 21.1. The Balaban J connectivity index is 1.73. The highest BCUT2D eigenvalue weighted by Gasteiger charge is 2.45. The number of carboxylic acid groups (broad SMARTS) is 1. The van der Waals surface area contributed by atoms with Crippen LogP contribution in [0, 0.1) is 11.6 Å². The summed E-state index contributed by atoms with van der Waals surface area (Å²) >= 11 is 0. The van der Waals surface area contributed by atoms with Gasteiger partial charge >= 0.3 is 18.2 Å². The van der Waals surface area contributed by atoms with Gasteiger partial charge in [-0.25, -0.2) is 13.6 Å². The second-order valence-corrected chi connectivity index (χ2v) is 20.6. The smallest absolute Gasteiger partial charge is 0.422 e. The zero-order chi connectivity index (χ0) is 41.4. The predicted octanol–water partition coefficient (Wildman–Crippen LogP) is 8.65. The van der Waals surface area contributed by atoms with E-state index >= 15 is 8.78 Å². The van der Waals surface area contributed by atoms with Crippen molar-refractivity contribution in [2.45, 2.75) is 89.9 Å². The molecule has 1 aromatic heterocycles. The number of benzene rings is 3. The summed E-state index contributed by atoms with van der Waals surface area (Å²) in [6.45, 7) is 12.6. The zero-order valence-corrected chi connectivity index (χ0v) is 33.8. The minimum absolute atomic E-state index is 0.0810. The molecule has 0 radical (unpaired) electrons. The molecule has 4 aromatic rings. The van der Waals surface area contributed by atoms with Gasteiger partial charge in [0.2, 0.25) is 0 Å². The van der Waals surface area contributed by atoms with Crippen LogP contribution in [0.1, 0.15) is 53.0 Å². The predicted molar refractivity (Wildman–Crippen MR) is 206 cm³/mol. The lowest BCUT2D eigenvalue weighted by Crippen LogP contribution is -2.55. The number of nitrogen functional groups attached to an aromatic ring is 1. The fraction of sp³-hybridized carbons (Fsp3) is 0.513. The number of fused-ring (bicyclic) bond motifs is 2. The molecule has 2 heterocycles. The third-order valence-electron chi connectivity index (χ3n) is 10.4. The van der Waals surface area contributed by atoms with Crippen LogP contribution < -0.4 is 20.1 Å². The first-order valence-electron chi connectivity index (χ1n) is 18.2. The standard InChI is InChI=1S/C39H49F5N4O7Si/c1-22(35(49)50)52-15-12-25-28(40)11-10-23-16-24(54-21-51-6)17-26(30(23)25)31-29(45)18-27-33(32(31)41)46-36(53-20-39(42,43)44)47-34(27)48-14-9-13-38(5,19-48)55-56(7,8)37(2,3)4/h10-11,16-18,22H,9,12-15,19-21,45H2,1-8H3,(H,49,50)/t22?,38-/m1/s1. The molecular formula is C39H49F5N4O7Si. The first-order chi connectivity index (χ1) is 26.0. The molecule has 1 aliphatic rings. The molecule has 1 fully saturated rings. The minimum atomic E-state index is -4.74. The lowest BCUT2D eigenvalue weighted by Gasteiger charge is -2.48. The quantitative estimate of drug-likeness (QED) is 0.0548. The molecule has 1 unspecified atom stereocenters. The molecule has 0 spiro atoms. The Bertz CT molecular complexity index is 2100. The van der Waals surface area contributed by atoms with Gasteiger partial charge in [0.1, 0.15) is 22.9 Å². The lowest BCUT2D eigenvalue weighted by molar-refractivity contribution is -0.154. The van der Waals surface area contributed by atoms with Gasteiger partial charge < -0.3 is 39.1 Å². The van der Waals surface area contributed by atoms with Crippen LogP contribution in [-0.4, -0.2) is 87.4 Å². The topological polar surface area (TPSA) is 138 Å². The number of halogens is 5. The number of hydrogen-bond donors (Lipinski definition) is 2. The number of nitrogens with zero attached hydrogens (tertiary/aromatic N) is 3. The third kappa shape index (κ3) is 9.44. The number of rotatable bonds is 14. The van der Waals surface area contributed by atoms with Crippen molar-refractivity contribution >= 4 is 47.5 Å². The molecule has 0 amide bonds. The first kappa shape index (κ1) is 42.8. The Kier molecular flexibility index (Phi) is 12.4. The summed E-state index contributed by atoms with van der Waals surface area (Å²) in [7, 11) is -0.877. The molecule has 0 saturated carbocycles. The fourth-order valence-electron chi connectivity index (χ4n) is 6.72. The van der Waals surface area contributed by atoms with Crippen molar-refractivity contribution in [3.63, 3.8) is 0 Å². The van der Waals surface area contributed by atoms with Gasteiger partial charge in [0.05, 0.1) is 12.2 Å². The van der Waals surface area contributed by atoms with E-state index in [0.29, 0.717) is 31.3 Å². The van der Waals surface area contributed by atoms with E-state index in [1.165, 1.54) is 38.3 Å². The van der Waals surface area contributed by atoms with Crippen LogP contribution in [0.3, 0.4) is 0 Å². The van der Waals surface area contributed by atoms with E-state index < -0.39 is 56.4 Å². The van der Waals surface area contributed by atoms with E-state index in [1.807, 2.05) is 11.8 Å². The molecule has 2 atom stereocenters. The summed E-state index contributed by atoms with van der Waals surface area (Å²) in [5.41, 5.74) is 5.50. The Hall–Kier alpha value is -4.32. The van der Waals surface area contributed by atoms with Crippen LogP contribution in [0.2, 0.25) is 18.1 Å². The van der Waals surface area contributed by atoms with E-state index in [0.717, 1.165) is 0 Å². The molecule has 3 N–H and O–H groups in total. The summed E-state index contributed by atoms with van der Waals surface area (Å²) in [4.78, 5) is 21.7. The average molecular weight is 809 g/mol. The molecule has 3 aromatic carbocycles. The number of carboxylic acids is 1. The van der Waals surface area contributed by atoms with Gasteiger partial charge in [-0.2, -0.15) is 23.1 Å². The van der Waals surface area contributed by atoms with Crippen LogP contribution >= 0.6 is 0 Å². The molecule has 306 valence electrons. The number of ether oxygens (including phenoxy) is 4. The molecule has 0 bridgehead atoms. The van der Waals surface area contributed by atoms with Crippen LogP contribution in [0.15, 0.2) is 30.3 Å². The van der Waals surface area contributed by atoms with Crippen molar-refractivity contribution in [2.75, 3.05) is 50.8 Å². The van der Waals surface area contributed by atoms with Gasteiger partial charge in [-0.15, -0.1) is 0 Å². The average Bonchev–Trinajstić information content (AvgIpc) is 3.09. The summed E-state index contributed by atoms with van der Waals surface area (Å²) < 4.78 is 101. The summed E-state index contributed by atoms with van der Waals surface area (Å²) in [6.07, 6.45) is -4.65. The van der Waals surface area contributed by atoms with Crippen molar-refractivity contribution in [2.24, 2.45) is 0 Å². The third-order valence-corrected chi connectivity index (χ3v) is 15.0. The number of anilines is 2. The molecule has 1 aliphatic heterocycles. The Morgan fingerprint density at radius 2 is 1.82 bits per heavy atom. The largest absolute Gasteiger partial charge is 0.479 e. The Morgan fingerprint density at radius 3 is 2.46 bits per heavy atom. The van der Waals surface area contributed by atoms with Gasteiger partial charge in [0.15, 0.2) is 33.6 Å². The molecule has 56 heavy (non-hydrogen) atoms. The maximum Gasteiger partial charge on any atom is 0.422 e. The lowest BCUT2D eigenvalue weighted by atomic mass is 9.90. The minimum Gasteiger partial charge on any atom is -0.479 e. The number of aliphatic carboxylic acids is 1. The zero-order valence-electron chi connectivity index (χ0n) is 32.8. The summed E-state index contributed by atoms with van der Waals surface area (Å²) in [5.74, 6) is -2.56. The van der Waals surface area contributed by atoms with Crippen LogP contribution in [0.25, 0.3) is 32.8 Å². The van der Waals surface area contributed by atoms with Crippen molar-refractivity contribution in [3.8, 4) is 22.9 Å². The number of aromatic nitrogens is 2. The molecule has 0 aliphatic carbocycles. The van der Waals surface area contributed by atoms with E-state index in [4.69, 9.17) is 29.1 Å². The molecule has 11 nitrogen and oxygen atoms in total. The van der Waals surface area contributed by atoms with Crippen LogP contribution in [-0.2, 0) is 25.1 Å². The van der Waals surface area contributed by atoms with Gasteiger partial charge in [-0.05, 0) is 97.4 Å². The van der Waals surface area contributed by atoms with Gasteiger partial charge in [-0.1, -0.05) is 26.8 Å². The van der Waals surface area contributed by atoms with Gasteiger partial charge in [0.25, 0.3) is 0 Å². The Labute approximate surface area is 323 Å². The molecule has 5 rings (SSSR count). The number of alkyl halides is 3. The highest BCUT2D eigenvalue weighted by molar-refractivity contribution is 6.74. The number of nitrogens with two attached hydrogens (primary N) is 1. The molecular weight excluding hydrogens is 760 g/mol. The summed E-state index contributed by atoms with van der Waals surface area (Å²) in [5, 5.41) is 9.95. The maximum atomic E-state index is 17.4. The van der Waals surface area contributed by atoms with E-state index in [-0.39, 0.29) is 75.1 Å². The number of hydrogen-bond acceptors (Lipinski definition) is 10. The van der Waals surface area contributed by atoms with Crippen molar-refractivity contribution in [1.29, 1.82) is 0 Å². The van der Waals surface area contributed by atoms with Gasteiger partial charge in [-0.3, -0.25) is 0 Å². The molecule has 1 saturated heterocycles. The van der Waals surface area contributed by atoms with Crippen molar-refractivity contribution in [3.05, 3.63) is 47.5 Å². The molecule has 17 heteroatoms. The van der Waals surface area contributed by atoms with E-state index in [9.17, 15) is 23.1 Å². The second kappa shape index (κ2) is 16.3. The SMILES string of the molecule is COCOc1cc(-c2c(N)cc3c(N4CCC[C@@](C)(O[Si](C)(C)C(C)(C)C)C4)nc(OCC(F)(F)F)nc3c2F)c2c(CCOC(C)C(=O)O)c(F)ccc2c1. The monoisotopic (exact) mass is 808 g/mol. The normalized spacial score (nSPS) is 17.4. The van der Waals surface area contributed by atoms with Crippen LogP contribution in [0.4, 0.5) is 33.5 Å². The number of piperidine rings is 1. The highest BCUT2D eigenvalue weighted by atomic mass is 28.4.